The fourth-order valence-electron chi connectivity index (χ4n) is 2.41. The molecule has 1 heterocycles. The molecule has 0 saturated carbocycles. The van der Waals surface area contributed by atoms with Gasteiger partial charge in [0.1, 0.15) is 0 Å². The molecule has 0 aliphatic heterocycles. The van der Waals surface area contributed by atoms with Gasteiger partial charge < -0.3 is 5.32 Å². The monoisotopic (exact) mass is 363 g/mol. The van der Waals surface area contributed by atoms with E-state index in [1.165, 1.54) is 0 Å². The first-order valence-corrected chi connectivity index (χ1v) is 8.24. The van der Waals surface area contributed by atoms with Gasteiger partial charge in [-0.3, -0.25) is 9.48 Å². The minimum absolute atomic E-state index is 0.0161. The maximum Gasteiger partial charge on any atom is 0.228 e. The average Bonchev–Trinajstić information content (AvgIpc) is 2.68. The number of anilines is 1. The average molecular weight is 364 g/mol. The van der Waals surface area contributed by atoms with Gasteiger partial charge in [-0.05, 0) is 44.0 Å². The third-order valence-electron chi connectivity index (χ3n) is 3.53. The van der Waals surface area contributed by atoms with Crippen molar-refractivity contribution in [1.82, 2.24) is 9.78 Å². The summed E-state index contributed by atoms with van der Waals surface area (Å²) in [6, 6.07) is 7.58. The Balaban J connectivity index is 2.08. The molecule has 4 nitrogen and oxygen atoms in total. The molecule has 0 radical (unpaired) electrons. The van der Waals surface area contributed by atoms with Gasteiger partial charge in [-0.1, -0.05) is 29.8 Å². The second-order valence-corrected chi connectivity index (χ2v) is 6.87. The Labute approximate surface area is 140 Å². The van der Waals surface area contributed by atoms with Gasteiger partial charge in [0.15, 0.2) is 0 Å². The fraction of sp³-hybridized carbons (Fsp3) is 0.412. The number of halogens is 1. The largest absolute Gasteiger partial charge is 0.326 e. The number of benzene rings is 1. The molecule has 22 heavy (non-hydrogen) atoms. The number of hydrogen-bond donors (Lipinski definition) is 1. The number of nitrogens with one attached hydrogen (secondary N) is 1. The summed E-state index contributed by atoms with van der Waals surface area (Å²) < 4.78 is 2.99. The molecule has 2 rings (SSSR count). The van der Waals surface area contributed by atoms with Crippen LogP contribution < -0.4 is 5.32 Å². The normalized spacial score (nSPS) is 11.0. The lowest BCUT2D eigenvalue weighted by atomic mass is 10.1. The predicted octanol–water partition coefficient (Wildman–Crippen LogP) is 4.10. The van der Waals surface area contributed by atoms with E-state index in [1.54, 1.807) is 0 Å². The van der Waals surface area contributed by atoms with Crippen molar-refractivity contribution in [3.8, 4) is 0 Å². The van der Waals surface area contributed by atoms with Gasteiger partial charge in [0.2, 0.25) is 5.91 Å². The molecule has 5 heteroatoms. The molecule has 1 aromatic heterocycles. The summed E-state index contributed by atoms with van der Waals surface area (Å²) in [4.78, 5) is 12.2. The van der Waals surface area contributed by atoms with Crippen LogP contribution in [0.2, 0.25) is 0 Å². The van der Waals surface area contributed by atoms with Gasteiger partial charge >= 0.3 is 0 Å². The van der Waals surface area contributed by atoms with E-state index in [0.717, 1.165) is 33.7 Å². The second-order valence-electron chi connectivity index (χ2n) is 5.96. The number of carbonyl (C=O) groups excluding carboxylic acids is 1. The van der Waals surface area contributed by atoms with Crippen molar-refractivity contribution in [3.63, 3.8) is 0 Å². The van der Waals surface area contributed by atoms with Crippen molar-refractivity contribution >= 4 is 27.5 Å². The Morgan fingerprint density at radius 1 is 1.27 bits per heavy atom. The van der Waals surface area contributed by atoms with Crippen LogP contribution >= 0.6 is 15.9 Å². The van der Waals surface area contributed by atoms with Gasteiger partial charge in [0.05, 0.1) is 12.1 Å². The van der Waals surface area contributed by atoms with Crippen LogP contribution in [0, 0.1) is 19.8 Å². The minimum atomic E-state index is -0.0161. The van der Waals surface area contributed by atoms with Gasteiger partial charge in [0, 0.05) is 28.0 Å². The topological polar surface area (TPSA) is 46.9 Å². The molecular weight excluding hydrogens is 342 g/mol. The predicted molar refractivity (Wildman–Crippen MR) is 93.0 cm³/mol. The van der Waals surface area contributed by atoms with E-state index in [2.05, 4.69) is 40.2 Å². The SMILES string of the molecule is Cc1nn(CC(C)C)c(C)c1CC(=O)Nc1ccc(Br)cc1. The lowest BCUT2D eigenvalue weighted by Gasteiger charge is -2.08. The minimum Gasteiger partial charge on any atom is -0.326 e. The number of carbonyl (C=O) groups is 1. The molecule has 1 amide bonds. The van der Waals surface area contributed by atoms with Crippen LogP contribution in [0.25, 0.3) is 0 Å². The van der Waals surface area contributed by atoms with Crippen LogP contribution in [-0.2, 0) is 17.8 Å². The Kier molecular flexibility index (Phi) is 5.40. The van der Waals surface area contributed by atoms with E-state index in [4.69, 9.17) is 0 Å². The third kappa shape index (κ3) is 4.19. The molecule has 0 unspecified atom stereocenters. The first kappa shape index (κ1) is 16.7. The van der Waals surface area contributed by atoms with Crippen molar-refractivity contribution in [1.29, 1.82) is 0 Å². The summed E-state index contributed by atoms with van der Waals surface area (Å²) >= 11 is 3.38. The highest BCUT2D eigenvalue weighted by atomic mass is 79.9. The molecule has 0 fully saturated rings. The van der Waals surface area contributed by atoms with Crippen LogP contribution in [-0.4, -0.2) is 15.7 Å². The zero-order valence-electron chi connectivity index (χ0n) is 13.5. The molecule has 0 aliphatic rings. The Hall–Kier alpha value is -1.62. The maximum atomic E-state index is 12.2. The van der Waals surface area contributed by atoms with Crippen molar-refractivity contribution < 1.29 is 4.79 Å². The summed E-state index contributed by atoms with van der Waals surface area (Å²) in [5.41, 5.74) is 3.84. The Morgan fingerprint density at radius 3 is 2.50 bits per heavy atom. The van der Waals surface area contributed by atoms with E-state index < -0.39 is 0 Å². The van der Waals surface area contributed by atoms with Crippen LogP contribution in [0.1, 0.15) is 30.8 Å². The van der Waals surface area contributed by atoms with E-state index >= 15 is 0 Å². The molecular formula is C17H22BrN3O. The molecule has 0 atom stereocenters. The quantitative estimate of drug-likeness (QED) is 0.868. The molecule has 0 saturated heterocycles. The molecule has 118 valence electrons. The van der Waals surface area contributed by atoms with Crippen LogP contribution in [0.15, 0.2) is 28.7 Å². The Morgan fingerprint density at radius 2 is 1.91 bits per heavy atom. The number of amides is 1. The summed E-state index contributed by atoms with van der Waals surface area (Å²) in [5, 5.41) is 7.48. The third-order valence-corrected chi connectivity index (χ3v) is 4.06. The van der Waals surface area contributed by atoms with Crippen LogP contribution in [0.5, 0.6) is 0 Å². The van der Waals surface area contributed by atoms with E-state index in [-0.39, 0.29) is 5.91 Å². The summed E-state index contributed by atoms with van der Waals surface area (Å²) in [6.07, 6.45) is 0.353. The number of aromatic nitrogens is 2. The molecule has 0 bridgehead atoms. The number of nitrogens with zero attached hydrogens (tertiary/aromatic N) is 2. The van der Waals surface area contributed by atoms with E-state index in [9.17, 15) is 4.79 Å². The van der Waals surface area contributed by atoms with Crippen molar-refractivity contribution in [2.75, 3.05) is 5.32 Å². The fourth-order valence-corrected chi connectivity index (χ4v) is 2.68. The number of rotatable bonds is 5. The molecule has 2 aromatic rings. The standard InChI is InChI=1S/C17H22BrN3O/c1-11(2)10-21-13(4)16(12(3)20-21)9-17(22)19-15-7-5-14(18)6-8-15/h5-8,11H,9-10H2,1-4H3,(H,19,22). The van der Waals surface area contributed by atoms with Gasteiger partial charge in [-0.2, -0.15) is 5.10 Å². The number of hydrogen-bond acceptors (Lipinski definition) is 2. The zero-order valence-corrected chi connectivity index (χ0v) is 15.1. The van der Waals surface area contributed by atoms with Crippen LogP contribution in [0.4, 0.5) is 5.69 Å². The highest BCUT2D eigenvalue weighted by molar-refractivity contribution is 9.10. The van der Waals surface area contributed by atoms with E-state index in [1.807, 2.05) is 42.8 Å². The zero-order chi connectivity index (χ0) is 16.3. The first-order valence-electron chi connectivity index (χ1n) is 7.45. The number of aryl methyl sites for hydroxylation is 1. The molecule has 1 aromatic carbocycles. The highest BCUT2D eigenvalue weighted by Gasteiger charge is 2.15. The van der Waals surface area contributed by atoms with Crippen molar-refractivity contribution in [2.24, 2.45) is 5.92 Å². The van der Waals surface area contributed by atoms with E-state index in [0.29, 0.717) is 12.3 Å². The molecule has 0 spiro atoms. The van der Waals surface area contributed by atoms with Crippen molar-refractivity contribution in [2.45, 2.75) is 40.7 Å². The smallest absolute Gasteiger partial charge is 0.228 e. The first-order chi connectivity index (χ1) is 10.4. The van der Waals surface area contributed by atoms with Crippen LogP contribution in [0.3, 0.4) is 0 Å². The van der Waals surface area contributed by atoms with Gasteiger partial charge in [-0.25, -0.2) is 0 Å². The highest BCUT2D eigenvalue weighted by Crippen LogP contribution is 2.17. The maximum absolute atomic E-state index is 12.2. The Bertz CT molecular complexity index is 659. The summed E-state index contributed by atoms with van der Waals surface area (Å²) in [5.74, 6) is 0.514. The molecule has 0 aliphatic carbocycles. The lowest BCUT2D eigenvalue weighted by molar-refractivity contribution is -0.115. The lowest BCUT2D eigenvalue weighted by Crippen LogP contribution is -2.15. The summed E-state index contributed by atoms with van der Waals surface area (Å²) in [7, 11) is 0. The van der Waals surface area contributed by atoms with Gasteiger partial charge in [0.25, 0.3) is 0 Å². The summed E-state index contributed by atoms with van der Waals surface area (Å²) in [6.45, 7) is 9.20. The molecule has 1 N–H and O–H groups in total. The second kappa shape index (κ2) is 7.09. The van der Waals surface area contributed by atoms with Gasteiger partial charge in [-0.15, -0.1) is 0 Å². The van der Waals surface area contributed by atoms with Crippen molar-refractivity contribution in [3.05, 3.63) is 45.7 Å².